The molecule has 50 heavy (non-hydrogen) atoms. The molecule has 264 valence electrons. The molecule has 6 heterocycles. The van der Waals surface area contributed by atoms with E-state index in [0.29, 0.717) is 24.2 Å². The van der Waals surface area contributed by atoms with Crippen molar-refractivity contribution in [1.29, 1.82) is 0 Å². The zero-order valence-corrected chi connectivity index (χ0v) is 29.5. The first-order valence-corrected chi connectivity index (χ1v) is 18.1. The van der Waals surface area contributed by atoms with E-state index in [2.05, 4.69) is 49.7 Å². The van der Waals surface area contributed by atoms with E-state index >= 15 is 0 Å². The highest BCUT2D eigenvalue weighted by Gasteiger charge is 2.39. The molecule has 3 unspecified atom stereocenters. The SMILES string of the molecule is CN1CC(Nc2cnn(C)c(=O)c2Cl)CC(c2ccc(C(=O)N3CCC4(CC3)CCN(c3ccc(C5CCC(=O)NC5=O)nc3)CC4)cc2)C1. The summed E-state index contributed by atoms with van der Waals surface area (Å²) < 4.78 is 1.23. The van der Waals surface area contributed by atoms with Crippen molar-refractivity contribution in [2.24, 2.45) is 12.5 Å². The molecule has 12 nitrogen and oxygen atoms in total. The number of halogens is 1. The van der Waals surface area contributed by atoms with E-state index in [1.807, 2.05) is 35.4 Å². The first-order valence-electron chi connectivity index (χ1n) is 17.7. The number of carbonyl (C=O) groups is 3. The number of aryl methyl sites for hydroxylation is 1. The lowest BCUT2D eigenvalue weighted by Gasteiger charge is -2.47. The number of likely N-dealkylation sites (tertiary alicyclic amines) is 2. The van der Waals surface area contributed by atoms with Crippen LogP contribution in [-0.2, 0) is 16.6 Å². The van der Waals surface area contributed by atoms with E-state index in [9.17, 15) is 19.2 Å². The smallest absolute Gasteiger partial charge is 0.287 e. The third kappa shape index (κ3) is 7.14. The average Bonchev–Trinajstić information content (AvgIpc) is 3.12. The molecule has 3 aromatic rings. The quantitative estimate of drug-likeness (QED) is 0.369. The summed E-state index contributed by atoms with van der Waals surface area (Å²) in [5.41, 5.74) is 4.18. The fourth-order valence-electron chi connectivity index (χ4n) is 8.27. The van der Waals surface area contributed by atoms with Gasteiger partial charge < -0.3 is 20.0 Å². The van der Waals surface area contributed by atoms with Crippen molar-refractivity contribution in [2.75, 3.05) is 56.5 Å². The number of hydrogen-bond acceptors (Lipinski definition) is 9. The molecule has 1 aromatic carbocycles. The molecule has 3 amide bonds. The molecular weight excluding hydrogens is 656 g/mol. The van der Waals surface area contributed by atoms with Crippen LogP contribution in [0.25, 0.3) is 0 Å². The van der Waals surface area contributed by atoms with Gasteiger partial charge in [-0.1, -0.05) is 23.7 Å². The monoisotopic (exact) mass is 700 g/mol. The Balaban J connectivity index is 0.901. The lowest BCUT2D eigenvalue weighted by molar-refractivity contribution is -0.134. The number of benzene rings is 1. The van der Waals surface area contributed by atoms with Gasteiger partial charge in [-0.2, -0.15) is 5.10 Å². The Morgan fingerprint density at radius 2 is 1.66 bits per heavy atom. The number of carbonyl (C=O) groups excluding carboxylic acids is 3. The Labute approximate surface area is 297 Å². The summed E-state index contributed by atoms with van der Waals surface area (Å²) in [6, 6.07) is 12.2. The minimum atomic E-state index is -0.370. The fourth-order valence-corrected chi connectivity index (χ4v) is 8.49. The van der Waals surface area contributed by atoms with Gasteiger partial charge in [-0.25, -0.2) is 4.68 Å². The first-order chi connectivity index (χ1) is 24.1. The minimum Gasteiger partial charge on any atom is -0.378 e. The summed E-state index contributed by atoms with van der Waals surface area (Å²) in [7, 11) is 3.67. The predicted octanol–water partition coefficient (Wildman–Crippen LogP) is 3.77. The van der Waals surface area contributed by atoms with Crippen LogP contribution in [0.1, 0.15) is 78.4 Å². The van der Waals surface area contributed by atoms with Crippen molar-refractivity contribution < 1.29 is 14.4 Å². The van der Waals surface area contributed by atoms with Crippen molar-refractivity contribution in [3.8, 4) is 0 Å². The van der Waals surface area contributed by atoms with Gasteiger partial charge in [0.15, 0.2) is 0 Å². The first kappa shape index (κ1) is 34.2. The molecule has 4 fully saturated rings. The summed E-state index contributed by atoms with van der Waals surface area (Å²) in [5.74, 6) is -0.480. The number of aromatic nitrogens is 3. The van der Waals surface area contributed by atoms with Gasteiger partial charge in [0.2, 0.25) is 11.8 Å². The minimum absolute atomic E-state index is 0.0964. The maximum Gasteiger partial charge on any atom is 0.287 e. The number of nitrogens with zero attached hydrogens (tertiary/aromatic N) is 6. The largest absolute Gasteiger partial charge is 0.378 e. The van der Waals surface area contributed by atoms with Crippen LogP contribution >= 0.6 is 11.6 Å². The highest BCUT2D eigenvalue weighted by atomic mass is 35.5. The fraction of sp³-hybridized carbons (Fsp3) is 0.514. The number of amides is 3. The van der Waals surface area contributed by atoms with Crippen molar-refractivity contribution in [2.45, 2.75) is 62.8 Å². The maximum absolute atomic E-state index is 13.6. The summed E-state index contributed by atoms with van der Waals surface area (Å²) in [5, 5.41) is 10.1. The number of piperidine rings is 4. The zero-order valence-electron chi connectivity index (χ0n) is 28.7. The van der Waals surface area contributed by atoms with Crippen molar-refractivity contribution in [3.63, 3.8) is 0 Å². The predicted molar refractivity (Wildman–Crippen MR) is 192 cm³/mol. The second kappa shape index (κ2) is 14.1. The number of pyridine rings is 1. The summed E-state index contributed by atoms with van der Waals surface area (Å²) in [6.45, 7) is 5.14. The summed E-state index contributed by atoms with van der Waals surface area (Å²) in [6.07, 6.45) is 9.35. The molecule has 2 N–H and O–H groups in total. The lowest BCUT2D eigenvalue weighted by Crippen LogP contribution is -2.48. The molecule has 13 heteroatoms. The maximum atomic E-state index is 13.6. The molecular formula is C37H45ClN8O4. The third-order valence-corrected chi connectivity index (χ3v) is 11.7. The number of hydrogen-bond donors (Lipinski definition) is 2. The summed E-state index contributed by atoms with van der Waals surface area (Å²) >= 11 is 6.32. The van der Waals surface area contributed by atoms with Crippen molar-refractivity contribution in [3.05, 3.63) is 81.0 Å². The molecule has 4 aliphatic rings. The molecule has 0 saturated carbocycles. The number of likely N-dealkylation sites (N-methyl/N-ethyl adjacent to an activating group) is 1. The van der Waals surface area contributed by atoms with Gasteiger partial charge in [-0.3, -0.25) is 29.5 Å². The van der Waals surface area contributed by atoms with Gasteiger partial charge in [0.1, 0.15) is 5.02 Å². The molecule has 7 rings (SSSR count). The summed E-state index contributed by atoms with van der Waals surface area (Å²) in [4.78, 5) is 60.8. The van der Waals surface area contributed by atoms with Gasteiger partial charge in [0.05, 0.1) is 35.4 Å². The van der Waals surface area contributed by atoms with Crippen LogP contribution in [-0.4, -0.2) is 94.6 Å². The molecule has 0 bridgehead atoms. The number of nitrogens with one attached hydrogen (secondary N) is 2. The van der Waals surface area contributed by atoms with E-state index in [1.54, 1.807) is 13.2 Å². The molecule has 4 saturated heterocycles. The zero-order chi connectivity index (χ0) is 35.0. The van der Waals surface area contributed by atoms with Gasteiger partial charge in [0, 0.05) is 64.3 Å². The van der Waals surface area contributed by atoms with Gasteiger partial charge in [0.25, 0.3) is 11.5 Å². The highest BCUT2D eigenvalue weighted by Crippen LogP contribution is 2.42. The normalized spacial score (nSPS) is 24.3. The second-order valence-electron chi connectivity index (χ2n) is 14.6. The Kier molecular flexibility index (Phi) is 9.67. The second-order valence-corrected chi connectivity index (χ2v) is 15.0. The van der Waals surface area contributed by atoms with Gasteiger partial charge in [-0.15, -0.1) is 0 Å². The Morgan fingerprint density at radius 1 is 0.940 bits per heavy atom. The van der Waals surface area contributed by atoms with Crippen LogP contribution in [0.3, 0.4) is 0 Å². The van der Waals surface area contributed by atoms with E-state index in [1.165, 1.54) is 10.2 Å². The van der Waals surface area contributed by atoms with Crippen LogP contribution < -0.4 is 21.1 Å². The Bertz CT molecular complexity index is 1800. The average molecular weight is 701 g/mol. The van der Waals surface area contributed by atoms with Crippen LogP contribution in [0, 0.1) is 5.41 Å². The molecule has 4 aliphatic heterocycles. The third-order valence-electron chi connectivity index (χ3n) is 11.4. The number of rotatable bonds is 6. The van der Waals surface area contributed by atoms with E-state index < -0.39 is 0 Å². The Morgan fingerprint density at radius 3 is 2.34 bits per heavy atom. The molecule has 0 radical (unpaired) electrons. The van der Waals surface area contributed by atoms with E-state index in [-0.39, 0.29) is 51.6 Å². The van der Waals surface area contributed by atoms with Crippen LogP contribution in [0.4, 0.5) is 11.4 Å². The van der Waals surface area contributed by atoms with Crippen LogP contribution in [0.5, 0.6) is 0 Å². The van der Waals surface area contributed by atoms with Gasteiger partial charge >= 0.3 is 0 Å². The molecule has 1 spiro atoms. The van der Waals surface area contributed by atoms with Crippen molar-refractivity contribution >= 4 is 40.7 Å². The molecule has 3 atom stereocenters. The Hall–Kier alpha value is -4.29. The van der Waals surface area contributed by atoms with Gasteiger partial charge in [-0.05, 0) is 86.7 Å². The standard InChI is InChI=1S/C37H45ClN8O4/c1-43-22-26(19-27(23-43)41-31-21-40-44(2)36(50)33(31)38)24-3-5-25(6-4-24)35(49)46-17-13-37(14-18-46)11-15-45(16-12-37)28-7-9-30(39-20-28)29-8-10-32(47)42-34(29)48/h3-7,9,20-21,26-27,29,41H,8,10-19,22-23H2,1-2H3,(H,42,47,48). The van der Waals surface area contributed by atoms with Crippen LogP contribution in [0.15, 0.2) is 53.6 Å². The molecule has 2 aromatic heterocycles. The lowest BCUT2D eigenvalue weighted by atomic mass is 9.71. The van der Waals surface area contributed by atoms with Crippen LogP contribution in [0.2, 0.25) is 5.02 Å². The van der Waals surface area contributed by atoms with E-state index in [4.69, 9.17) is 11.6 Å². The molecule has 0 aliphatic carbocycles. The topological polar surface area (TPSA) is 133 Å². The highest BCUT2D eigenvalue weighted by molar-refractivity contribution is 6.32. The van der Waals surface area contributed by atoms with Crippen molar-refractivity contribution in [1.82, 2.24) is 29.9 Å². The number of anilines is 2. The van der Waals surface area contributed by atoms with E-state index in [0.717, 1.165) is 82.6 Å². The number of imide groups is 1.